The molecule has 0 aliphatic carbocycles. The van der Waals surface area contributed by atoms with Crippen LogP contribution < -0.4 is 14.8 Å². The molecule has 2 aromatic heterocycles. The van der Waals surface area contributed by atoms with Gasteiger partial charge in [-0.15, -0.1) is 0 Å². The van der Waals surface area contributed by atoms with Crippen molar-refractivity contribution < 1.29 is 14.3 Å². The summed E-state index contributed by atoms with van der Waals surface area (Å²) < 4.78 is 11.3. The van der Waals surface area contributed by atoms with Gasteiger partial charge in [0.05, 0.1) is 24.4 Å². The molecule has 4 aromatic rings. The maximum absolute atomic E-state index is 12.6. The molecule has 146 valence electrons. The largest absolute Gasteiger partial charge is 0.493 e. The lowest BCUT2D eigenvalue weighted by atomic mass is 10.1. The molecular weight excluding hydrogens is 368 g/mol. The number of H-pyrrole nitrogens is 1. The van der Waals surface area contributed by atoms with Crippen LogP contribution in [-0.2, 0) is 13.2 Å². The number of pyridine rings is 1. The SMILES string of the molecule is COc1cc(CNC(=O)c2cccc3cn[nH]c23)ccc1OCc1ccncc1. The molecule has 2 aromatic carbocycles. The topological polar surface area (TPSA) is 89.1 Å². The van der Waals surface area contributed by atoms with Gasteiger partial charge >= 0.3 is 0 Å². The number of benzene rings is 2. The Bertz CT molecular complexity index is 1130. The van der Waals surface area contributed by atoms with Crippen molar-refractivity contribution in [3.63, 3.8) is 0 Å². The molecule has 0 radical (unpaired) electrons. The van der Waals surface area contributed by atoms with Gasteiger partial charge in [-0.3, -0.25) is 14.9 Å². The molecule has 2 N–H and O–H groups in total. The molecule has 0 saturated heterocycles. The Balaban J connectivity index is 1.42. The van der Waals surface area contributed by atoms with E-state index in [0.717, 1.165) is 22.0 Å². The number of rotatable bonds is 7. The second-order valence-electron chi connectivity index (χ2n) is 6.45. The zero-order chi connectivity index (χ0) is 20.1. The number of nitrogens with one attached hydrogen (secondary N) is 2. The van der Waals surface area contributed by atoms with Crippen LogP contribution in [0.3, 0.4) is 0 Å². The normalized spacial score (nSPS) is 10.7. The van der Waals surface area contributed by atoms with Crippen molar-refractivity contribution in [3.05, 3.63) is 83.8 Å². The molecule has 7 nitrogen and oxygen atoms in total. The molecule has 2 heterocycles. The molecule has 0 bridgehead atoms. The van der Waals surface area contributed by atoms with E-state index in [1.54, 1.807) is 31.8 Å². The average molecular weight is 388 g/mol. The van der Waals surface area contributed by atoms with E-state index in [2.05, 4.69) is 20.5 Å². The minimum absolute atomic E-state index is 0.170. The molecule has 0 aliphatic rings. The van der Waals surface area contributed by atoms with E-state index in [0.29, 0.717) is 30.2 Å². The van der Waals surface area contributed by atoms with Crippen molar-refractivity contribution in [2.45, 2.75) is 13.2 Å². The molecule has 0 spiro atoms. The molecule has 7 heteroatoms. The zero-order valence-corrected chi connectivity index (χ0v) is 15.9. The number of carbonyl (C=O) groups excluding carboxylic acids is 1. The molecule has 0 aliphatic heterocycles. The summed E-state index contributed by atoms with van der Waals surface area (Å²) in [4.78, 5) is 16.6. The maximum atomic E-state index is 12.6. The minimum Gasteiger partial charge on any atom is -0.493 e. The second-order valence-corrected chi connectivity index (χ2v) is 6.45. The standard InChI is InChI=1S/C22H20N4O3/c1-28-20-11-16(5-6-19(20)29-14-15-7-9-23-10-8-15)12-24-22(27)18-4-2-3-17-13-25-26-21(17)18/h2-11,13H,12,14H2,1H3,(H,24,27)(H,25,26). The van der Waals surface area contributed by atoms with E-state index < -0.39 is 0 Å². The fraction of sp³-hybridized carbons (Fsp3) is 0.136. The van der Waals surface area contributed by atoms with Crippen LogP contribution in [-0.4, -0.2) is 28.2 Å². The Morgan fingerprint density at radius 2 is 1.93 bits per heavy atom. The van der Waals surface area contributed by atoms with Crippen LogP contribution in [0.15, 0.2) is 67.1 Å². The van der Waals surface area contributed by atoms with Gasteiger partial charge in [0, 0.05) is 24.3 Å². The van der Waals surface area contributed by atoms with Crippen molar-refractivity contribution in [1.82, 2.24) is 20.5 Å². The predicted molar refractivity (Wildman–Crippen MR) is 109 cm³/mol. The molecule has 0 unspecified atom stereocenters. The summed E-state index contributed by atoms with van der Waals surface area (Å²) in [5.41, 5.74) is 3.21. The first kappa shape index (κ1) is 18.5. The number of ether oxygens (including phenoxy) is 2. The maximum Gasteiger partial charge on any atom is 0.253 e. The summed E-state index contributed by atoms with van der Waals surface area (Å²) in [5.74, 6) is 1.08. The molecule has 0 atom stereocenters. The molecule has 29 heavy (non-hydrogen) atoms. The highest BCUT2D eigenvalue weighted by atomic mass is 16.5. The third kappa shape index (κ3) is 4.19. The number of hydrogen-bond donors (Lipinski definition) is 2. The summed E-state index contributed by atoms with van der Waals surface area (Å²) in [6.07, 6.45) is 5.15. The highest BCUT2D eigenvalue weighted by Crippen LogP contribution is 2.29. The molecule has 0 fully saturated rings. The van der Waals surface area contributed by atoms with Crippen molar-refractivity contribution in [2.24, 2.45) is 0 Å². The van der Waals surface area contributed by atoms with Crippen LogP contribution in [0.5, 0.6) is 11.5 Å². The van der Waals surface area contributed by atoms with Gasteiger partial charge in [0.2, 0.25) is 0 Å². The summed E-state index contributed by atoms with van der Waals surface area (Å²) in [6, 6.07) is 14.9. The quantitative estimate of drug-likeness (QED) is 0.506. The third-order valence-corrected chi connectivity index (χ3v) is 4.55. The van der Waals surface area contributed by atoms with Crippen molar-refractivity contribution >= 4 is 16.8 Å². The number of aromatic nitrogens is 3. The highest BCUT2D eigenvalue weighted by molar-refractivity contribution is 6.05. The number of aromatic amines is 1. The fourth-order valence-electron chi connectivity index (χ4n) is 3.02. The zero-order valence-electron chi connectivity index (χ0n) is 15.9. The molecule has 1 amide bonds. The monoisotopic (exact) mass is 388 g/mol. The van der Waals surface area contributed by atoms with Crippen molar-refractivity contribution in [1.29, 1.82) is 0 Å². The van der Waals surface area contributed by atoms with Crippen LogP contribution in [0.4, 0.5) is 0 Å². The first-order chi connectivity index (χ1) is 14.2. The van der Waals surface area contributed by atoms with Gasteiger partial charge < -0.3 is 14.8 Å². The Hall–Kier alpha value is -3.87. The molecular formula is C22H20N4O3. The van der Waals surface area contributed by atoms with E-state index in [9.17, 15) is 4.79 Å². The van der Waals surface area contributed by atoms with E-state index in [-0.39, 0.29) is 5.91 Å². The van der Waals surface area contributed by atoms with Gasteiger partial charge in [0.25, 0.3) is 5.91 Å². The van der Waals surface area contributed by atoms with Crippen LogP contribution in [0.2, 0.25) is 0 Å². The lowest BCUT2D eigenvalue weighted by Crippen LogP contribution is -2.23. The van der Waals surface area contributed by atoms with Gasteiger partial charge in [-0.2, -0.15) is 5.10 Å². The van der Waals surface area contributed by atoms with Gasteiger partial charge in [-0.25, -0.2) is 0 Å². The molecule has 4 rings (SSSR count). The Kier molecular flexibility index (Phi) is 5.38. The van der Waals surface area contributed by atoms with Crippen molar-refractivity contribution in [2.75, 3.05) is 7.11 Å². The minimum atomic E-state index is -0.170. The van der Waals surface area contributed by atoms with Gasteiger partial charge in [0.15, 0.2) is 11.5 Å². The Labute approximate surface area is 167 Å². The smallest absolute Gasteiger partial charge is 0.253 e. The summed E-state index contributed by atoms with van der Waals surface area (Å²) in [6.45, 7) is 0.785. The van der Waals surface area contributed by atoms with Gasteiger partial charge in [0.1, 0.15) is 6.61 Å². The number of amides is 1. The average Bonchev–Trinajstić information content (AvgIpc) is 3.26. The Morgan fingerprint density at radius 3 is 2.76 bits per heavy atom. The highest BCUT2D eigenvalue weighted by Gasteiger charge is 2.12. The van der Waals surface area contributed by atoms with E-state index in [1.807, 2.05) is 42.5 Å². The first-order valence-corrected chi connectivity index (χ1v) is 9.13. The lowest BCUT2D eigenvalue weighted by molar-refractivity contribution is 0.0952. The summed E-state index contributed by atoms with van der Waals surface area (Å²) in [5, 5.41) is 10.7. The van der Waals surface area contributed by atoms with Crippen LogP contribution in [0, 0.1) is 0 Å². The summed E-state index contributed by atoms with van der Waals surface area (Å²) >= 11 is 0. The van der Waals surface area contributed by atoms with Crippen LogP contribution >= 0.6 is 0 Å². The lowest BCUT2D eigenvalue weighted by Gasteiger charge is -2.13. The summed E-state index contributed by atoms with van der Waals surface area (Å²) in [7, 11) is 1.59. The van der Waals surface area contributed by atoms with Gasteiger partial charge in [-0.1, -0.05) is 18.2 Å². The van der Waals surface area contributed by atoms with E-state index >= 15 is 0 Å². The number of para-hydroxylation sites is 1. The number of nitrogens with zero attached hydrogens (tertiary/aromatic N) is 2. The fourth-order valence-corrected chi connectivity index (χ4v) is 3.02. The number of carbonyl (C=O) groups is 1. The van der Waals surface area contributed by atoms with Crippen LogP contribution in [0.1, 0.15) is 21.5 Å². The first-order valence-electron chi connectivity index (χ1n) is 9.13. The molecule has 0 saturated carbocycles. The number of hydrogen-bond acceptors (Lipinski definition) is 5. The number of fused-ring (bicyclic) bond motifs is 1. The third-order valence-electron chi connectivity index (χ3n) is 4.55. The van der Waals surface area contributed by atoms with E-state index in [1.165, 1.54) is 0 Å². The predicted octanol–water partition coefficient (Wildman–Crippen LogP) is 3.48. The Morgan fingerprint density at radius 1 is 1.07 bits per heavy atom. The van der Waals surface area contributed by atoms with Crippen molar-refractivity contribution in [3.8, 4) is 11.5 Å². The second kappa shape index (κ2) is 8.43. The van der Waals surface area contributed by atoms with E-state index in [4.69, 9.17) is 9.47 Å². The van der Waals surface area contributed by atoms with Crippen LogP contribution in [0.25, 0.3) is 10.9 Å². The van der Waals surface area contributed by atoms with Gasteiger partial charge in [-0.05, 0) is 41.5 Å². The number of methoxy groups -OCH3 is 1.